The smallest absolute Gasteiger partial charge is 0.251 e. The second-order valence-corrected chi connectivity index (χ2v) is 13.8. The van der Waals surface area contributed by atoms with Crippen molar-refractivity contribution in [1.82, 2.24) is 34.6 Å². The molecule has 5 rings (SSSR count). The third kappa shape index (κ3) is 7.03. The molecule has 1 aliphatic heterocycles. The second-order valence-electron chi connectivity index (χ2n) is 9.71. The molecule has 0 atom stereocenters. The number of sulfonamides is 1. The Morgan fingerprint density at radius 2 is 1.74 bits per heavy atom. The predicted octanol–water partition coefficient (Wildman–Crippen LogP) is 3.57. The van der Waals surface area contributed by atoms with E-state index < -0.39 is 10.0 Å². The molecule has 0 aliphatic carbocycles. The van der Waals surface area contributed by atoms with Crippen LogP contribution in [0.25, 0.3) is 5.69 Å². The van der Waals surface area contributed by atoms with Crippen LogP contribution in [0.3, 0.4) is 0 Å². The summed E-state index contributed by atoms with van der Waals surface area (Å²) in [7, 11) is -3.58. The van der Waals surface area contributed by atoms with Crippen LogP contribution in [-0.4, -0.2) is 68.3 Å². The third-order valence-corrected chi connectivity index (χ3v) is 10.1. The van der Waals surface area contributed by atoms with E-state index in [-0.39, 0.29) is 29.0 Å². The van der Waals surface area contributed by atoms with Crippen molar-refractivity contribution in [3.05, 3.63) is 70.5 Å². The summed E-state index contributed by atoms with van der Waals surface area (Å²) in [5.41, 5.74) is 2.14. The summed E-state index contributed by atoms with van der Waals surface area (Å²) in [5, 5.41) is 23.6. The Balaban J connectivity index is 1.28. The van der Waals surface area contributed by atoms with Crippen molar-refractivity contribution in [3.63, 3.8) is 0 Å². The van der Waals surface area contributed by atoms with E-state index in [0.29, 0.717) is 34.8 Å². The van der Waals surface area contributed by atoms with Gasteiger partial charge >= 0.3 is 0 Å². The molecule has 12 nitrogen and oxygen atoms in total. The fourth-order valence-electron chi connectivity index (χ4n) is 4.46. The van der Waals surface area contributed by atoms with Crippen LogP contribution >= 0.6 is 23.1 Å². The molecule has 2 aromatic heterocycles. The van der Waals surface area contributed by atoms with Crippen molar-refractivity contribution >= 4 is 50.1 Å². The number of amides is 2. The maximum Gasteiger partial charge on any atom is 0.251 e. The number of benzene rings is 2. The molecule has 0 bridgehead atoms. The minimum Gasteiger partial charge on any atom is -0.345 e. The Labute approximate surface area is 252 Å². The molecule has 3 heterocycles. The van der Waals surface area contributed by atoms with E-state index in [0.717, 1.165) is 35.5 Å². The van der Waals surface area contributed by atoms with Crippen LogP contribution in [0.1, 0.15) is 46.0 Å². The first-order chi connectivity index (χ1) is 20.2. The maximum absolute atomic E-state index is 13.0. The molecular weight excluding hydrogens is 597 g/mol. The number of aryl methyl sites for hydroxylation is 2. The fraction of sp³-hybridized carbons (Fsp3) is 0.333. The molecule has 0 radical (unpaired) electrons. The number of rotatable bonds is 10. The zero-order chi connectivity index (χ0) is 29.7. The van der Waals surface area contributed by atoms with Gasteiger partial charge in [0.25, 0.3) is 5.91 Å². The minimum atomic E-state index is -3.58. The summed E-state index contributed by atoms with van der Waals surface area (Å²) in [6.07, 6.45) is 2.73. The first kappa shape index (κ1) is 29.8. The standard InChI is InChI=1S/C27H30N8O4S3/c1-18-7-6-8-21(15-18)35-23(31-33-27(35)40-17-24(36)29-26-32-30-19(2)41-26)16-28-25(37)20-9-11-22(12-10-20)42(38,39)34-13-4-3-5-14-34/h6-12,15H,3-5,13-14,16-17H2,1-2H3,(H,28,37)(H,29,32,36). The second kappa shape index (κ2) is 13.1. The summed E-state index contributed by atoms with van der Waals surface area (Å²) >= 11 is 2.50. The Bertz CT molecular complexity index is 1680. The van der Waals surface area contributed by atoms with E-state index in [1.165, 1.54) is 51.7 Å². The highest BCUT2D eigenvalue weighted by Gasteiger charge is 2.26. The zero-order valence-electron chi connectivity index (χ0n) is 23.1. The fourth-order valence-corrected chi connectivity index (χ4v) is 7.36. The number of hydrogen-bond donors (Lipinski definition) is 2. The van der Waals surface area contributed by atoms with Gasteiger partial charge in [0.1, 0.15) is 5.01 Å². The SMILES string of the molecule is Cc1cccc(-n2c(CNC(=O)c3ccc(S(=O)(=O)N4CCCCC4)cc3)nnc2SCC(=O)Nc2nnc(C)s2)c1. The maximum atomic E-state index is 13.0. The van der Waals surface area contributed by atoms with E-state index in [1.54, 1.807) is 4.57 Å². The lowest BCUT2D eigenvalue weighted by molar-refractivity contribution is -0.113. The number of nitrogens with zero attached hydrogens (tertiary/aromatic N) is 6. The van der Waals surface area contributed by atoms with Crippen LogP contribution in [0.5, 0.6) is 0 Å². The molecule has 2 amide bonds. The molecule has 2 aromatic carbocycles. The van der Waals surface area contributed by atoms with Crippen molar-refractivity contribution in [3.8, 4) is 5.69 Å². The molecule has 2 N–H and O–H groups in total. The molecule has 1 saturated heterocycles. The lowest BCUT2D eigenvalue weighted by atomic mass is 10.2. The lowest BCUT2D eigenvalue weighted by Crippen LogP contribution is -2.35. The number of aromatic nitrogens is 5. The Morgan fingerprint density at radius 1 is 0.976 bits per heavy atom. The van der Waals surface area contributed by atoms with Gasteiger partial charge in [-0.05, 0) is 68.7 Å². The van der Waals surface area contributed by atoms with E-state index in [4.69, 9.17) is 0 Å². The molecular formula is C27H30N8O4S3. The number of thioether (sulfide) groups is 1. The van der Waals surface area contributed by atoms with Crippen LogP contribution in [0.2, 0.25) is 0 Å². The van der Waals surface area contributed by atoms with Gasteiger partial charge < -0.3 is 5.32 Å². The Kier molecular flexibility index (Phi) is 9.30. The van der Waals surface area contributed by atoms with Crippen LogP contribution < -0.4 is 10.6 Å². The number of nitrogens with one attached hydrogen (secondary N) is 2. The first-order valence-electron chi connectivity index (χ1n) is 13.3. The summed E-state index contributed by atoms with van der Waals surface area (Å²) in [6.45, 7) is 4.86. The number of anilines is 1. The van der Waals surface area contributed by atoms with E-state index >= 15 is 0 Å². The molecule has 220 valence electrons. The topological polar surface area (TPSA) is 152 Å². The summed E-state index contributed by atoms with van der Waals surface area (Å²) < 4.78 is 29.2. The van der Waals surface area contributed by atoms with Crippen molar-refractivity contribution in [2.75, 3.05) is 24.2 Å². The third-order valence-electron chi connectivity index (χ3n) is 6.54. The molecule has 1 fully saturated rings. The van der Waals surface area contributed by atoms with Gasteiger partial charge in [0.05, 0.1) is 17.2 Å². The summed E-state index contributed by atoms with van der Waals surface area (Å²) in [5.74, 6) is -0.0881. The number of carbonyl (C=O) groups excluding carboxylic acids is 2. The van der Waals surface area contributed by atoms with Gasteiger partial charge in [0, 0.05) is 24.3 Å². The molecule has 1 aliphatic rings. The number of carbonyl (C=O) groups is 2. The normalized spacial score (nSPS) is 14.0. The first-order valence-corrected chi connectivity index (χ1v) is 16.6. The molecule has 0 unspecified atom stereocenters. The summed E-state index contributed by atoms with van der Waals surface area (Å²) in [4.78, 5) is 25.7. The summed E-state index contributed by atoms with van der Waals surface area (Å²) in [6, 6.07) is 13.7. The average Bonchev–Trinajstić information content (AvgIpc) is 3.60. The predicted molar refractivity (Wildman–Crippen MR) is 160 cm³/mol. The quantitative estimate of drug-likeness (QED) is 0.252. The lowest BCUT2D eigenvalue weighted by Gasteiger charge is -2.25. The van der Waals surface area contributed by atoms with Crippen LogP contribution in [0, 0.1) is 13.8 Å². The zero-order valence-corrected chi connectivity index (χ0v) is 25.6. The highest BCUT2D eigenvalue weighted by molar-refractivity contribution is 7.99. The number of piperidine rings is 1. The van der Waals surface area contributed by atoms with Crippen molar-refractivity contribution < 1.29 is 18.0 Å². The van der Waals surface area contributed by atoms with E-state index in [1.807, 2.05) is 38.1 Å². The van der Waals surface area contributed by atoms with Gasteiger partial charge in [-0.1, -0.05) is 41.7 Å². The van der Waals surface area contributed by atoms with Crippen LogP contribution in [-0.2, 0) is 21.4 Å². The van der Waals surface area contributed by atoms with Crippen molar-refractivity contribution in [1.29, 1.82) is 0 Å². The molecule has 15 heteroatoms. The van der Waals surface area contributed by atoms with Crippen molar-refractivity contribution in [2.24, 2.45) is 0 Å². The van der Waals surface area contributed by atoms with Crippen LogP contribution in [0.4, 0.5) is 5.13 Å². The van der Waals surface area contributed by atoms with E-state index in [9.17, 15) is 18.0 Å². The highest BCUT2D eigenvalue weighted by atomic mass is 32.2. The van der Waals surface area contributed by atoms with Gasteiger partial charge in [-0.3, -0.25) is 19.5 Å². The average molecular weight is 627 g/mol. The minimum absolute atomic E-state index is 0.0599. The molecule has 0 spiro atoms. The van der Waals surface area contributed by atoms with Gasteiger partial charge in [-0.25, -0.2) is 8.42 Å². The Morgan fingerprint density at radius 3 is 2.43 bits per heavy atom. The van der Waals surface area contributed by atoms with E-state index in [2.05, 4.69) is 31.0 Å². The van der Waals surface area contributed by atoms with Gasteiger partial charge in [0.2, 0.25) is 21.1 Å². The van der Waals surface area contributed by atoms with Crippen LogP contribution in [0.15, 0.2) is 58.6 Å². The highest BCUT2D eigenvalue weighted by Crippen LogP contribution is 2.24. The van der Waals surface area contributed by atoms with Crippen molar-refractivity contribution in [2.45, 2.75) is 49.7 Å². The Hall–Kier alpha value is -3.66. The number of hydrogen-bond acceptors (Lipinski definition) is 10. The largest absolute Gasteiger partial charge is 0.345 e. The molecule has 4 aromatic rings. The van der Waals surface area contributed by atoms with Gasteiger partial charge in [0.15, 0.2) is 11.0 Å². The van der Waals surface area contributed by atoms with Gasteiger partial charge in [-0.2, -0.15) is 4.31 Å². The molecule has 0 saturated carbocycles. The monoisotopic (exact) mass is 626 g/mol. The van der Waals surface area contributed by atoms with Gasteiger partial charge in [-0.15, -0.1) is 20.4 Å². The molecule has 42 heavy (non-hydrogen) atoms.